The van der Waals surface area contributed by atoms with E-state index >= 15 is 0 Å². The molecule has 0 unspecified atom stereocenters. The van der Waals surface area contributed by atoms with Crippen molar-refractivity contribution in [2.75, 3.05) is 19.0 Å². The minimum Gasteiger partial charge on any atom is -0.493 e. The first kappa shape index (κ1) is 19.8. The van der Waals surface area contributed by atoms with Crippen LogP contribution in [0, 0.1) is 15.9 Å². The van der Waals surface area contributed by atoms with Gasteiger partial charge in [-0.15, -0.1) is 0 Å². The Kier molecular flexibility index (Phi) is 5.72. The number of methoxy groups -OCH3 is 1. The van der Waals surface area contributed by atoms with E-state index in [2.05, 4.69) is 10.4 Å². The van der Waals surface area contributed by atoms with Crippen molar-refractivity contribution in [2.45, 2.75) is 6.92 Å². The van der Waals surface area contributed by atoms with Crippen molar-refractivity contribution in [1.82, 2.24) is 9.78 Å². The van der Waals surface area contributed by atoms with Gasteiger partial charge in [0.05, 0.1) is 24.7 Å². The van der Waals surface area contributed by atoms with E-state index < -0.39 is 22.3 Å². The monoisotopic (exact) mass is 400 g/mol. The molecule has 1 N–H and O–H groups in total. The van der Waals surface area contributed by atoms with Crippen LogP contribution in [0.1, 0.15) is 17.3 Å². The first-order valence-electron chi connectivity index (χ1n) is 8.54. The highest BCUT2D eigenvalue weighted by atomic mass is 19.1. The number of hydrogen-bond donors (Lipinski definition) is 1. The highest BCUT2D eigenvalue weighted by Crippen LogP contribution is 2.35. The molecule has 0 aliphatic rings. The predicted octanol–water partition coefficient (Wildman–Crippen LogP) is 3.58. The molecule has 29 heavy (non-hydrogen) atoms. The fraction of sp³-hybridized carbons (Fsp3) is 0.158. The maximum atomic E-state index is 14.4. The zero-order valence-corrected chi connectivity index (χ0v) is 15.6. The number of nitro benzene ring substituents is 1. The van der Waals surface area contributed by atoms with Gasteiger partial charge in [-0.05, 0) is 31.2 Å². The van der Waals surface area contributed by atoms with Crippen molar-refractivity contribution >= 4 is 17.3 Å². The van der Waals surface area contributed by atoms with Crippen LogP contribution in [0.15, 0.2) is 48.8 Å². The second-order valence-corrected chi connectivity index (χ2v) is 5.78. The average Bonchev–Trinajstić information content (AvgIpc) is 3.22. The number of benzene rings is 2. The standard InChI is InChI=1S/C19H17FN4O5/c1-3-29-18-11-16(24(26)27)13(10-17(18)28-2)19(25)22-12-5-6-15(14(20)9-12)23-8-4-7-21-23/h4-11H,3H2,1-2H3,(H,22,25). The summed E-state index contributed by atoms with van der Waals surface area (Å²) in [7, 11) is 1.36. The summed E-state index contributed by atoms with van der Waals surface area (Å²) in [5.74, 6) is -1.09. The van der Waals surface area contributed by atoms with E-state index in [9.17, 15) is 19.3 Å². The molecule has 150 valence electrons. The Morgan fingerprint density at radius 1 is 1.31 bits per heavy atom. The van der Waals surface area contributed by atoms with E-state index in [1.807, 2.05) is 0 Å². The Bertz CT molecular complexity index is 1050. The predicted molar refractivity (Wildman–Crippen MR) is 102 cm³/mol. The van der Waals surface area contributed by atoms with Gasteiger partial charge >= 0.3 is 0 Å². The molecule has 9 nitrogen and oxygen atoms in total. The van der Waals surface area contributed by atoms with E-state index in [1.54, 1.807) is 19.2 Å². The van der Waals surface area contributed by atoms with Gasteiger partial charge in [-0.25, -0.2) is 9.07 Å². The van der Waals surface area contributed by atoms with Crippen molar-refractivity contribution in [3.8, 4) is 17.2 Å². The first-order chi connectivity index (χ1) is 13.9. The third-order valence-electron chi connectivity index (χ3n) is 3.98. The minimum absolute atomic E-state index is 0.130. The Hall–Kier alpha value is -3.95. The lowest BCUT2D eigenvalue weighted by Crippen LogP contribution is -2.15. The number of carbonyl (C=O) groups excluding carboxylic acids is 1. The molecule has 3 aromatic rings. The third kappa shape index (κ3) is 4.15. The second kappa shape index (κ2) is 8.38. The number of nitro groups is 1. The number of amides is 1. The number of carbonyl (C=O) groups is 1. The SMILES string of the molecule is CCOc1cc([N+](=O)[O-])c(C(=O)Nc2ccc(-n3cccn3)c(F)c2)cc1OC. The zero-order valence-electron chi connectivity index (χ0n) is 15.6. The Morgan fingerprint density at radius 2 is 2.10 bits per heavy atom. The number of rotatable bonds is 7. The topological polar surface area (TPSA) is 109 Å². The van der Waals surface area contributed by atoms with Crippen molar-refractivity contribution < 1.29 is 23.6 Å². The average molecular weight is 400 g/mol. The number of halogens is 1. The molecule has 0 bridgehead atoms. The van der Waals surface area contributed by atoms with Crippen molar-refractivity contribution in [1.29, 1.82) is 0 Å². The number of hydrogen-bond acceptors (Lipinski definition) is 6. The molecule has 0 aliphatic heterocycles. The largest absolute Gasteiger partial charge is 0.493 e. The normalized spacial score (nSPS) is 10.4. The van der Waals surface area contributed by atoms with Gasteiger partial charge in [-0.3, -0.25) is 14.9 Å². The molecule has 3 rings (SSSR count). The van der Waals surface area contributed by atoms with Gasteiger partial charge < -0.3 is 14.8 Å². The molecular weight excluding hydrogens is 383 g/mol. The van der Waals surface area contributed by atoms with Gasteiger partial charge in [0, 0.05) is 24.1 Å². The number of nitrogens with one attached hydrogen (secondary N) is 1. The summed E-state index contributed by atoms with van der Waals surface area (Å²) in [6, 6.07) is 7.99. The molecule has 2 aromatic carbocycles. The maximum Gasteiger partial charge on any atom is 0.286 e. The maximum absolute atomic E-state index is 14.4. The Labute approximate surface area is 164 Å². The van der Waals surface area contributed by atoms with Gasteiger partial charge in [0.25, 0.3) is 11.6 Å². The lowest BCUT2D eigenvalue weighted by Gasteiger charge is -2.12. The summed E-state index contributed by atoms with van der Waals surface area (Å²) < 4.78 is 26.2. The molecule has 0 spiro atoms. The third-order valence-corrected chi connectivity index (χ3v) is 3.98. The summed E-state index contributed by atoms with van der Waals surface area (Å²) in [6.07, 6.45) is 3.08. The van der Waals surface area contributed by atoms with Crippen LogP contribution in [0.4, 0.5) is 15.8 Å². The van der Waals surface area contributed by atoms with Crippen molar-refractivity contribution in [3.63, 3.8) is 0 Å². The van der Waals surface area contributed by atoms with Gasteiger partial charge in [0.15, 0.2) is 17.3 Å². The molecule has 1 amide bonds. The quantitative estimate of drug-likeness (QED) is 0.480. The van der Waals surface area contributed by atoms with E-state index in [-0.39, 0.29) is 35.0 Å². The second-order valence-electron chi connectivity index (χ2n) is 5.78. The fourth-order valence-corrected chi connectivity index (χ4v) is 2.69. The summed E-state index contributed by atoms with van der Waals surface area (Å²) in [5, 5.41) is 17.8. The minimum atomic E-state index is -0.788. The number of nitrogens with zero attached hydrogens (tertiary/aromatic N) is 3. The van der Waals surface area contributed by atoms with Crippen LogP contribution in [0.2, 0.25) is 0 Å². The summed E-state index contributed by atoms with van der Waals surface area (Å²) in [4.78, 5) is 23.4. The molecule has 0 saturated heterocycles. The van der Waals surface area contributed by atoms with Crippen LogP contribution < -0.4 is 14.8 Å². The lowest BCUT2D eigenvalue weighted by atomic mass is 10.1. The molecule has 0 saturated carbocycles. The van der Waals surface area contributed by atoms with Gasteiger partial charge in [-0.1, -0.05) is 0 Å². The van der Waals surface area contributed by atoms with Crippen LogP contribution in [0.25, 0.3) is 5.69 Å². The smallest absolute Gasteiger partial charge is 0.286 e. The Morgan fingerprint density at radius 3 is 2.69 bits per heavy atom. The van der Waals surface area contributed by atoms with E-state index in [1.165, 1.54) is 36.2 Å². The number of aromatic nitrogens is 2. The van der Waals surface area contributed by atoms with Crippen molar-refractivity contribution in [2.24, 2.45) is 0 Å². The van der Waals surface area contributed by atoms with E-state index in [4.69, 9.17) is 9.47 Å². The molecule has 1 heterocycles. The van der Waals surface area contributed by atoms with Crippen LogP contribution in [0.5, 0.6) is 11.5 Å². The first-order valence-corrected chi connectivity index (χ1v) is 8.54. The van der Waals surface area contributed by atoms with E-state index in [0.717, 1.165) is 12.1 Å². The molecule has 0 atom stereocenters. The number of ether oxygens (including phenoxy) is 2. The van der Waals surface area contributed by atoms with Crippen LogP contribution in [0.3, 0.4) is 0 Å². The Balaban J connectivity index is 1.92. The van der Waals surface area contributed by atoms with Crippen LogP contribution >= 0.6 is 0 Å². The van der Waals surface area contributed by atoms with Gasteiger partial charge in [0.1, 0.15) is 11.3 Å². The van der Waals surface area contributed by atoms with Crippen LogP contribution in [-0.2, 0) is 0 Å². The molecule has 1 aromatic heterocycles. The molecule has 0 aliphatic carbocycles. The summed E-state index contributed by atoms with van der Waals surface area (Å²) in [6.45, 7) is 1.98. The fourth-order valence-electron chi connectivity index (χ4n) is 2.69. The summed E-state index contributed by atoms with van der Waals surface area (Å²) in [5.41, 5.74) is -0.375. The highest BCUT2D eigenvalue weighted by Gasteiger charge is 2.25. The number of anilines is 1. The van der Waals surface area contributed by atoms with E-state index in [0.29, 0.717) is 0 Å². The molecule has 0 fully saturated rings. The summed E-state index contributed by atoms with van der Waals surface area (Å²) >= 11 is 0. The molecular formula is C19H17FN4O5. The van der Waals surface area contributed by atoms with Crippen molar-refractivity contribution in [3.05, 3.63) is 70.3 Å². The molecule has 10 heteroatoms. The van der Waals surface area contributed by atoms with Gasteiger partial charge in [0.2, 0.25) is 0 Å². The highest BCUT2D eigenvalue weighted by molar-refractivity contribution is 6.07. The van der Waals surface area contributed by atoms with Crippen LogP contribution in [-0.4, -0.2) is 34.3 Å². The molecule has 0 radical (unpaired) electrons. The van der Waals surface area contributed by atoms with Gasteiger partial charge in [-0.2, -0.15) is 5.10 Å². The lowest BCUT2D eigenvalue weighted by molar-refractivity contribution is -0.385. The zero-order chi connectivity index (χ0) is 21.0.